The van der Waals surface area contributed by atoms with Crippen LogP contribution in [0.4, 0.5) is 0 Å². The van der Waals surface area contributed by atoms with Crippen LogP contribution in [-0.2, 0) is 11.7 Å². The monoisotopic (exact) mass is 139 g/mol. The van der Waals surface area contributed by atoms with Crippen LogP contribution in [0, 0.1) is 0 Å². The molecule has 1 radical (unpaired) electrons. The van der Waals surface area contributed by atoms with Crippen LogP contribution < -0.4 is 0 Å². The SMILES string of the molecule is [O]Cc1cc(O)cc(O)c1. The number of benzene rings is 1. The van der Waals surface area contributed by atoms with Gasteiger partial charge in [-0.25, -0.2) is 5.11 Å². The predicted octanol–water partition coefficient (Wildman–Crippen LogP) is 1.03. The highest BCUT2D eigenvalue weighted by Crippen LogP contribution is 2.19. The molecule has 10 heavy (non-hydrogen) atoms. The van der Waals surface area contributed by atoms with E-state index in [-0.39, 0.29) is 11.5 Å². The van der Waals surface area contributed by atoms with E-state index in [0.717, 1.165) is 0 Å². The van der Waals surface area contributed by atoms with Crippen molar-refractivity contribution >= 4 is 0 Å². The van der Waals surface area contributed by atoms with E-state index in [0.29, 0.717) is 5.56 Å². The Morgan fingerprint density at radius 3 is 2.00 bits per heavy atom. The van der Waals surface area contributed by atoms with Gasteiger partial charge in [0.05, 0.1) is 0 Å². The van der Waals surface area contributed by atoms with Gasteiger partial charge in [-0.1, -0.05) is 0 Å². The average Bonchev–Trinajstić information content (AvgIpc) is 1.85. The summed E-state index contributed by atoms with van der Waals surface area (Å²) in [5.74, 6) is -0.156. The van der Waals surface area contributed by atoms with Crippen LogP contribution in [0.2, 0.25) is 0 Å². The van der Waals surface area contributed by atoms with E-state index in [9.17, 15) is 5.11 Å². The summed E-state index contributed by atoms with van der Waals surface area (Å²) in [6.07, 6.45) is 0. The van der Waals surface area contributed by atoms with E-state index in [2.05, 4.69) is 0 Å². The fourth-order valence-corrected chi connectivity index (χ4v) is 0.740. The predicted molar refractivity (Wildman–Crippen MR) is 34.2 cm³/mol. The standard InChI is InChI=1S/C7H7O3/c8-4-5-1-6(9)3-7(10)2-5/h1-3,9-10H,4H2. The minimum Gasteiger partial charge on any atom is -0.508 e. The summed E-state index contributed by atoms with van der Waals surface area (Å²) in [5, 5.41) is 27.9. The summed E-state index contributed by atoms with van der Waals surface area (Å²) in [4.78, 5) is 0. The molecule has 3 nitrogen and oxygen atoms in total. The van der Waals surface area contributed by atoms with E-state index >= 15 is 0 Å². The van der Waals surface area contributed by atoms with E-state index in [4.69, 9.17) is 10.2 Å². The molecule has 0 aliphatic rings. The van der Waals surface area contributed by atoms with Crippen LogP contribution in [0.1, 0.15) is 5.56 Å². The Hall–Kier alpha value is -1.22. The molecule has 0 aromatic heterocycles. The highest BCUT2D eigenvalue weighted by atomic mass is 16.3. The Kier molecular flexibility index (Phi) is 1.78. The Bertz CT molecular complexity index is 212. The van der Waals surface area contributed by atoms with Crippen LogP contribution in [-0.4, -0.2) is 10.2 Å². The lowest BCUT2D eigenvalue weighted by Crippen LogP contribution is -1.79. The molecule has 0 aliphatic carbocycles. The van der Waals surface area contributed by atoms with Crippen molar-refractivity contribution in [2.24, 2.45) is 0 Å². The molecule has 0 heterocycles. The van der Waals surface area contributed by atoms with Crippen molar-refractivity contribution in [2.45, 2.75) is 6.61 Å². The molecule has 3 heteroatoms. The molecule has 0 atom stereocenters. The van der Waals surface area contributed by atoms with E-state index in [1.807, 2.05) is 0 Å². The Morgan fingerprint density at radius 2 is 1.60 bits per heavy atom. The molecule has 0 fully saturated rings. The maximum Gasteiger partial charge on any atom is 0.119 e. The van der Waals surface area contributed by atoms with Crippen molar-refractivity contribution in [2.75, 3.05) is 0 Å². The lowest BCUT2D eigenvalue weighted by atomic mass is 10.2. The fraction of sp³-hybridized carbons (Fsp3) is 0.143. The third-order valence-electron chi connectivity index (χ3n) is 1.13. The second-order valence-corrected chi connectivity index (χ2v) is 2.00. The summed E-state index contributed by atoms with van der Waals surface area (Å²) in [7, 11) is 0. The number of hydrogen-bond acceptors (Lipinski definition) is 2. The van der Waals surface area contributed by atoms with Gasteiger partial charge >= 0.3 is 0 Å². The van der Waals surface area contributed by atoms with Gasteiger partial charge in [-0.3, -0.25) is 0 Å². The van der Waals surface area contributed by atoms with Gasteiger partial charge in [0.25, 0.3) is 0 Å². The van der Waals surface area contributed by atoms with Crippen LogP contribution in [0.5, 0.6) is 11.5 Å². The van der Waals surface area contributed by atoms with Gasteiger partial charge in [-0.15, -0.1) is 0 Å². The Morgan fingerprint density at radius 1 is 1.10 bits per heavy atom. The van der Waals surface area contributed by atoms with Gasteiger partial charge in [0.1, 0.15) is 18.1 Å². The van der Waals surface area contributed by atoms with Crippen LogP contribution in [0.3, 0.4) is 0 Å². The lowest BCUT2D eigenvalue weighted by Gasteiger charge is -1.96. The summed E-state index contributed by atoms with van der Waals surface area (Å²) >= 11 is 0. The van der Waals surface area contributed by atoms with Gasteiger partial charge in [0.2, 0.25) is 0 Å². The zero-order valence-electron chi connectivity index (χ0n) is 5.24. The van der Waals surface area contributed by atoms with Crippen molar-refractivity contribution in [3.05, 3.63) is 23.8 Å². The highest BCUT2D eigenvalue weighted by molar-refractivity contribution is 5.36. The number of hydrogen-bond donors (Lipinski definition) is 2. The first-order valence-electron chi connectivity index (χ1n) is 2.82. The molecule has 0 bridgehead atoms. The topological polar surface area (TPSA) is 60.4 Å². The average molecular weight is 139 g/mol. The molecule has 0 saturated heterocycles. The molecule has 0 unspecified atom stereocenters. The molecule has 0 spiro atoms. The third-order valence-corrected chi connectivity index (χ3v) is 1.13. The summed E-state index contributed by atoms with van der Waals surface area (Å²) in [6, 6.07) is 3.83. The second-order valence-electron chi connectivity index (χ2n) is 2.00. The van der Waals surface area contributed by atoms with E-state index < -0.39 is 6.61 Å². The minimum atomic E-state index is -0.429. The van der Waals surface area contributed by atoms with Crippen LogP contribution >= 0.6 is 0 Å². The fourth-order valence-electron chi connectivity index (χ4n) is 0.740. The summed E-state index contributed by atoms with van der Waals surface area (Å²) < 4.78 is 0. The van der Waals surface area contributed by atoms with Gasteiger partial charge in [-0.2, -0.15) is 0 Å². The van der Waals surface area contributed by atoms with E-state index in [1.54, 1.807) is 0 Å². The normalized spacial score (nSPS) is 9.70. The van der Waals surface area contributed by atoms with Crippen molar-refractivity contribution in [1.29, 1.82) is 0 Å². The summed E-state index contributed by atoms with van der Waals surface area (Å²) in [6.45, 7) is -0.429. The van der Waals surface area contributed by atoms with Gasteiger partial charge in [0, 0.05) is 6.07 Å². The quantitative estimate of drug-likeness (QED) is 0.610. The van der Waals surface area contributed by atoms with E-state index in [1.165, 1.54) is 18.2 Å². The molecule has 0 aliphatic heterocycles. The third kappa shape index (κ3) is 1.39. The van der Waals surface area contributed by atoms with Crippen molar-refractivity contribution in [1.82, 2.24) is 0 Å². The zero-order chi connectivity index (χ0) is 7.56. The lowest BCUT2D eigenvalue weighted by molar-refractivity contribution is 0.177. The zero-order valence-corrected chi connectivity index (χ0v) is 5.24. The number of phenolic OH excluding ortho intramolecular Hbond substituents is 2. The van der Waals surface area contributed by atoms with Crippen LogP contribution in [0.25, 0.3) is 0 Å². The number of aromatic hydroxyl groups is 2. The maximum absolute atomic E-state index is 10.2. The van der Waals surface area contributed by atoms with Gasteiger partial charge < -0.3 is 10.2 Å². The van der Waals surface area contributed by atoms with Gasteiger partial charge in [0.15, 0.2) is 0 Å². The molecule has 0 amide bonds. The molecule has 1 aromatic rings. The molecule has 2 N–H and O–H groups in total. The first kappa shape index (κ1) is 6.89. The molecule has 53 valence electrons. The maximum atomic E-state index is 10.2. The molecule has 1 aromatic carbocycles. The minimum absolute atomic E-state index is 0.0779. The number of phenols is 2. The van der Waals surface area contributed by atoms with Crippen molar-refractivity contribution in [3.8, 4) is 11.5 Å². The largest absolute Gasteiger partial charge is 0.508 e. The van der Waals surface area contributed by atoms with Gasteiger partial charge in [-0.05, 0) is 17.7 Å². The first-order chi connectivity index (χ1) is 4.72. The second kappa shape index (κ2) is 2.58. The highest BCUT2D eigenvalue weighted by Gasteiger charge is 1.96. The van der Waals surface area contributed by atoms with Crippen LogP contribution in [0.15, 0.2) is 18.2 Å². The summed E-state index contributed by atoms with van der Waals surface area (Å²) in [5.41, 5.74) is 0.387. The van der Waals surface area contributed by atoms with Crippen molar-refractivity contribution < 1.29 is 15.3 Å². The smallest absolute Gasteiger partial charge is 0.119 e. The molecular weight excluding hydrogens is 132 g/mol. The number of rotatable bonds is 1. The Labute approximate surface area is 58.2 Å². The van der Waals surface area contributed by atoms with Crippen molar-refractivity contribution in [3.63, 3.8) is 0 Å². The molecular formula is C7H7O3. The molecule has 0 saturated carbocycles. The Balaban J connectivity index is 3.06. The first-order valence-corrected chi connectivity index (χ1v) is 2.82. The molecule has 1 rings (SSSR count).